The zero-order chi connectivity index (χ0) is 13.4. The number of amides is 1. The summed E-state index contributed by atoms with van der Waals surface area (Å²) in [6, 6.07) is 7.61. The monoisotopic (exact) mass is 269 g/mol. The summed E-state index contributed by atoms with van der Waals surface area (Å²) in [5.74, 6) is 0.00361. The molecular formula is C13H20ClN3O. The number of rotatable bonds is 7. The van der Waals surface area contributed by atoms with Gasteiger partial charge in [0.05, 0.1) is 6.54 Å². The van der Waals surface area contributed by atoms with Crippen LogP contribution in [0, 0.1) is 0 Å². The van der Waals surface area contributed by atoms with Crippen molar-refractivity contribution >= 4 is 17.5 Å². The summed E-state index contributed by atoms with van der Waals surface area (Å²) in [6.45, 7) is 2.41. The first-order valence-corrected chi connectivity index (χ1v) is 6.33. The Morgan fingerprint density at radius 1 is 1.33 bits per heavy atom. The number of hydrogen-bond donors (Lipinski definition) is 2. The Kier molecular flexibility index (Phi) is 6.72. The first kappa shape index (κ1) is 15.0. The van der Waals surface area contributed by atoms with Gasteiger partial charge in [-0.05, 0) is 25.7 Å². The van der Waals surface area contributed by atoms with Crippen LogP contribution in [0.15, 0.2) is 24.3 Å². The van der Waals surface area contributed by atoms with Gasteiger partial charge in [0.2, 0.25) is 5.91 Å². The van der Waals surface area contributed by atoms with Gasteiger partial charge in [0.25, 0.3) is 0 Å². The van der Waals surface area contributed by atoms with E-state index < -0.39 is 0 Å². The maximum Gasteiger partial charge on any atom is 0.234 e. The van der Waals surface area contributed by atoms with Crippen LogP contribution < -0.4 is 10.6 Å². The van der Waals surface area contributed by atoms with Crippen molar-refractivity contribution in [2.75, 3.05) is 33.7 Å². The Morgan fingerprint density at radius 3 is 2.72 bits per heavy atom. The van der Waals surface area contributed by atoms with E-state index in [0.29, 0.717) is 19.6 Å². The number of benzene rings is 1. The quantitative estimate of drug-likeness (QED) is 0.779. The van der Waals surface area contributed by atoms with Crippen LogP contribution in [0.3, 0.4) is 0 Å². The maximum atomic E-state index is 11.5. The Labute approximate surface area is 113 Å². The summed E-state index contributed by atoms with van der Waals surface area (Å²) < 4.78 is 0. The van der Waals surface area contributed by atoms with Gasteiger partial charge in [-0.1, -0.05) is 29.8 Å². The third kappa shape index (κ3) is 6.00. The lowest BCUT2D eigenvalue weighted by Crippen LogP contribution is -2.37. The molecule has 0 atom stereocenters. The molecule has 1 amide bonds. The summed E-state index contributed by atoms with van der Waals surface area (Å²) in [5, 5.41) is 6.63. The minimum absolute atomic E-state index is 0.00361. The maximum absolute atomic E-state index is 11.5. The number of hydrogen-bond acceptors (Lipinski definition) is 3. The highest BCUT2D eigenvalue weighted by Crippen LogP contribution is 2.13. The number of carbonyl (C=O) groups excluding carboxylic acids is 1. The molecule has 0 heterocycles. The van der Waals surface area contributed by atoms with Gasteiger partial charge in [-0.3, -0.25) is 4.79 Å². The molecule has 2 N–H and O–H groups in total. The molecule has 1 aromatic rings. The van der Waals surface area contributed by atoms with E-state index in [2.05, 4.69) is 10.6 Å². The van der Waals surface area contributed by atoms with Crippen molar-refractivity contribution in [2.45, 2.75) is 6.54 Å². The summed E-state index contributed by atoms with van der Waals surface area (Å²) in [6.07, 6.45) is 0. The molecule has 100 valence electrons. The minimum atomic E-state index is 0.00361. The summed E-state index contributed by atoms with van der Waals surface area (Å²) >= 11 is 6.01. The molecule has 4 nitrogen and oxygen atoms in total. The van der Waals surface area contributed by atoms with Crippen LogP contribution in [0.25, 0.3) is 0 Å². The largest absolute Gasteiger partial charge is 0.354 e. The molecule has 0 fully saturated rings. The highest BCUT2D eigenvalue weighted by molar-refractivity contribution is 6.31. The lowest BCUT2D eigenvalue weighted by atomic mass is 10.2. The first-order chi connectivity index (χ1) is 8.59. The van der Waals surface area contributed by atoms with Crippen molar-refractivity contribution in [1.82, 2.24) is 15.5 Å². The van der Waals surface area contributed by atoms with Crippen molar-refractivity contribution in [2.24, 2.45) is 0 Å². The van der Waals surface area contributed by atoms with Crippen LogP contribution in [0.2, 0.25) is 5.02 Å². The second-order valence-electron chi connectivity index (χ2n) is 4.35. The van der Waals surface area contributed by atoms with Gasteiger partial charge in [-0.2, -0.15) is 0 Å². The topological polar surface area (TPSA) is 44.4 Å². The van der Waals surface area contributed by atoms with Gasteiger partial charge in [-0.15, -0.1) is 0 Å². The van der Waals surface area contributed by atoms with E-state index in [-0.39, 0.29) is 5.91 Å². The van der Waals surface area contributed by atoms with Crippen molar-refractivity contribution in [3.8, 4) is 0 Å². The molecule has 5 heteroatoms. The average Bonchev–Trinajstić information content (AvgIpc) is 2.31. The Balaban J connectivity index is 2.18. The van der Waals surface area contributed by atoms with E-state index in [0.717, 1.165) is 17.1 Å². The van der Waals surface area contributed by atoms with Crippen LogP contribution in [0.4, 0.5) is 0 Å². The van der Waals surface area contributed by atoms with Crippen LogP contribution in [-0.2, 0) is 11.3 Å². The zero-order valence-electron chi connectivity index (χ0n) is 10.9. The van der Waals surface area contributed by atoms with E-state index in [1.54, 1.807) is 0 Å². The fourth-order valence-corrected chi connectivity index (χ4v) is 1.64. The fraction of sp³-hybridized carbons (Fsp3) is 0.462. The third-order valence-corrected chi connectivity index (χ3v) is 2.81. The summed E-state index contributed by atoms with van der Waals surface area (Å²) in [7, 11) is 3.95. The van der Waals surface area contributed by atoms with Gasteiger partial charge < -0.3 is 15.5 Å². The van der Waals surface area contributed by atoms with Crippen molar-refractivity contribution in [3.63, 3.8) is 0 Å². The fourth-order valence-electron chi connectivity index (χ4n) is 1.43. The van der Waals surface area contributed by atoms with Crippen LogP contribution in [0.1, 0.15) is 5.56 Å². The average molecular weight is 270 g/mol. The normalized spacial score (nSPS) is 10.7. The first-order valence-electron chi connectivity index (χ1n) is 5.95. The molecule has 0 bridgehead atoms. The Bertz CT molecular complexity index is 382. The van der Waals surface area contributed by atoms with Crippen molar-refractivity contribution < 1.29 is 4.79 Å². The van der Waals surface area contributed by atoms with Crippen LogP contribution in [0.5, 0.6) is 0 Å². The Hall–Kier alpha value is -1.10. The standard InChI is InChI=1S/C13H20ClN3O/c1-17(2)8-7-16-13(18)10-15-9-11-5-3-4-6-12(11)14/h3-6,15H,7-10H2,1-2H3,(H,16,18). The summed E-state index contributed by atoms with van der Waals surface area (Å²) in [5.41, 5.74) is 1.00. The molecule has 18 heavy (non-hydrogen) atoms. The highest BCUT2D eigenvalue weighted by atomic mass is 35.5. The van der Waals surface area contributed by atoms with Gasteiger partial charge in [0, 0.05) is 24.7 Å². The molecule has 0 saturated heterocycles. The number of halogens is 1. The minimum Gasteiger partial charge on any atom is -0.354 e. The molecule has 1 aromatic carbocycles. The Morgan fingerprint density at radius 2 is 2.06 bits per heavy atom. The second kappa shape index (κ2) is 8.08. The number of likely N-dealkylation sites (N-methyl/N-ethyl adjacent to an activating group) is 1. The molecule has 0 radical (unpaired) electrons. The van der Waals surface area contributed by atoms with Gasteiger partial charge in [0.15, 0.2) is 0 Å². The third-order valence-electron chi connectivity index (χ3n) is 2.44. The van der Waals surface area contributed by atoms with Gasteiger partial charge >= 0.3 is 0 Å². The summed E-state index contributed by atoms with van der Waals surface area (Å²) in [4.78, 5) is 13.5. The molecule has 0 unspecified atom stereocenters. The molecule has 0 aliphatic heterocycles. The molecule has 0 spiro atoms. The SMILES string of the molecule is CN(C)CCNC(=O)CNCc1ccccc1Cl. The predicted octanol–water partition coefficient (Wildman–Crippen LogP) is 1.11. The molecule has 0 aliphatic rings. The van der Waals surface area contributed by atoms with Crippen LogP contribution in [-0.4, -0.2) is 44.5 Å². The molecule has 0 saturated carbocycles. The van der Waals surface area contributed by atoms with Gasteiger partial charge in [0.1, 0.15) is 0 Å². The van der Waals surface area contributed by atoms with Crippen molar-refractivity contribution in [1.29, 1.82) is 0 Å². The predicted molar refractivity (Wildman–Crippen MR) is 74.7 cm³/mol. The molecular weight excluding hydrogens is 250 g/mol. The number of nitrogens with one attached hydrogen (secondary N) is 2. The van der Waals surface area contributed by atoms with E-state index in [1.165, 1.54) is 0 Å². The van der Waals surface area contributed by atoms with E-state index in [4.69, 9.17) is 11.6 Å². The smallest absolute Gasteiger partial charge is 0.234 e. The number of nitrogens with zero attached hydrogens (tertiary/aromatic N) is 1. The lowest BCUT2D eigenvalue weighted by molar-refractivity contribution is -0.120. The van der Waals surface area contributed by atoms with E-state index in [1.807, 2.05) is 43.3 Å². The van der Waals surface area contributed by atoms with Crippen molar-refractivity contribution in [3.05, 3.63) is 34.9 Å². The van der Waals surface area contributed by atoms with Crippen LogP contribution >= 0.6 is 11.6 Å². The lowest BCUT2D eigenvalue weighted by Gasteiger charge is -2.11. The second-order valence-corrected chi connectivity index (χ2v) is 4.76. The highest BCUT2D eigenvalue weighted by Gasteiger charge is 2.02. The molecule has 0 aromatic heterocycles. The van der Waals surface area contributed by atoms with E-state index in [9.17, 15) is 4.79 Å². The molecule has 0 aliphatic carbocycles. The molecule has 1 rings (SSSR count). The van der Waals surface area contributed by atoms with E-state index >= 15 is 0 Å². The number of carbonyl (C=O) groups is 1. The zero-order valence-corrected chi connectivity index (χ0v) is 11.6. The van der Waals surface area contributed by atoms with Gasteiger partial charge in [-0.25, -0.2) is 0 Å².